The molecule has 4 nitrogen and oxygen atoms in total. The van der Waals surface area contributed by atoms with E-state index in [2.05, 4.69) is 16.7 Å². The minimum Gasteiger partial charge on any atom is -0.372 e. The average molecular weight is 456 g/mol. The summed E-state index contributed by atoms with van der Waals surface area (Å²) in [5.41, 5.74) is 0.915. The van der Waals surface area contributed by atoms with Crippen molar-refractivity contribution in [1.82, 2.24) is 0 Å². The van der Waals surface area contributed by atoms with Gasteiger partial charge in [0.1, 0.15) is 17.1 Å². The zero-order valence-electron chi connectivity index (χ0n) is 16.5. The number of amides is 1. The molecule has 1 aliphatic rings. The zero-order chi connectivity index (χ0) is 22.1. The molecule has 160 valence electrons. The minimum atomic E-state index is -4.50. The van der Waals surface area contributed by atoms with E-state index in [0.29, 0.717) is 10.6 Å². The highest BCUT2D eigenvalue weighted by Gasteiger charge is 2.32. The van der Waals surface area contributed by atoms with Crippen molar-refractivity contribution in [1.29, 1.82) is 5.26 Å². The van der Waals surface area contributed by atoms with Gasteiger partial charge in [0.05, 0.1) is 21.8 Å². The van der Waals surface area contributed by atoms with Crippen molar-refractivity contribution in [3.8, 4) is 6.07 Å². The van der Waals surface area contributed by atoms with Crippen molar-refractivity contribution < 1.29 is 18.0 Å². The highest BCUT2D eigenvalue weighted by Crippen LogP contribution is 2.38. The number of fused-ring (bicyclic) bond motifs is 1. The monoisotopic (exact) mass is 455 g/mol. The smallest absolute Gasteiger partial charge is 0.372 e. The summed E-state index contributed by atoms with van der Waals surface area (Å²) in [5.74, 6) is -0.542. The zero-order valence-corrected chi connectivity index (χ0v) is 18.1. The minimum absolute atomic E-state index is 0.118. The van der Waals surface area contributed by atoms with Crippen molar-refractivity contribution in [2.45, 2.75) is 51.7 Å². The van der Waals surface area contributed by atoms with E-state index in [-0.39, 0.29) is 22.5 Å². The highest BCUT2D eigenvalue weighted by molar-refractivity contribution is 7.16. The van der Waals surface area contributed by atoms with Crippen LogP contribution in [0.1, 0.15) is 48.3 Å². The number of thiophene rings is 1. The third-order valence-corrected chi connectivity index (χ3v) is 6.60. The van der Waals surface area contributed by atoms with E-state index in [4.69, 9.17) is 11.6 Å². The fourth-order valence-electron chi connectivity index (χ4n) is 3.47. The lowest BCUT2D eigenvalue weighted by Crippen LogP contribution is -2.39. The van der Waals surface area contributed by atoms with E-state index in [1.807, 2.05) is 13.8 Å². The van der Waals surface area contributed by atoms with Gasteiger partial charge in [0, 0.05) is 4.88 Å². The fraction of sp³-hybridized carbons (Fsp3) is 0.429. The van der Waals surface area contributed by atoms with Gasteiger partial charge in [0.2, 0.25) is 5.91 Å². The number of benzene rings is 1. The molecule has 2 aromatic rings. The van der Waals surface area contributed by atoms with Gasteiger partial charge in [-0.1, -0.05) is 25.4 Å². The number of alkyl halides is 3. The van der Waals surface area contributed by atoms with E-state index in [1.165, 1.54) is 17.4 Å². The van der Waals surface area contributed by atoms with Crippen LogP contribution < -0.4 is 10.6 Å². The molecular weight excluding hydrogens is 435 g/mol. The molecule has 0 unspecified atom stereocenters. The summed E-state index contributed by atoms with van der Waals surface area (Å²) in [5, 5.41) is 15.8. The summed E-state index contributed by atoms with van der Waals surface area (Å²) in [6.07, 6.45) is -0.680. The van der Waals surface area contributed by atoms with Crippen molar-refractivity contribution in [3.05, 3.63) is 44.8 Å². The molecule has 9 heteroatoms. The number of halogens is 4. The van der Waals surface area contributed by atoms with E-state index in [1.54, 1.807) is 0 Å². The molecule has 0 fully saturated rings. The third kappa shape index (κ3) is 4.73. The van der Waals surface area contributed by atoms with Gasteiger partial charge >= 0.3 is 6.18 Å². The first-order chi connectivity index (χ1) is 14.1. The van der Waals surface area contributed by atoms with Crippen molar-refractivity contribution in [2.24, 2.45) is 5.92 Å². The number of aryl methyl sites for hydroxylation is 1. The molecule has 1 heterocycles. The van der Waals surface area contributed by atoms with E-state index >= 15 is 0 Å². The number of nitrogens with zero attached hydrogens (tertiary/aromatic N) is 1. The Morgan fingerprint density at radius 2 is 1.97 bits per heavy atom. The Morgan fingerprint density at radius 3 is 2.57 bits per heavy atom. The van der Waals surface area contributed by atoms with Gasteiger partial charge in [-0.2, -0.15) is 18.4 Å². The Kier molecular flexibility index (Phi) is 6.63. The van der Waals surface area contributed by atoms with Crippen LogP contribution in [0.3, 0.4) is 0 Å². The number of anilines is 2. The Balaban J connectivity index is 1.82. The standard InChI is InChI=1S/C21H21ClF3N3OS/c1-11(2)18(27-16-8-7-12(9-15(16)22)21(23,24)25)19(29)28-20-14(10-26)13-5-3-4-6-17(13)30-20/h7-9,11,18,27H,3-6H2,1-2H3,(H,28,29)/t18-/m0/s1. The summed E-state index contributed by atoms with van der Waals surface area (Å²) in [7, 11) is 0. The predicted molar refractivity (Wildman–Crippen MR) is 113 cm³/mol. The Hall–Kier alpha value is -2.24. The first-order valence-corrected chi connectivity index (χ1v) is 10.8. The fourth-order valence-corrected chi connectivity index (χ4v) is 4.95. The quantitative estimate of drug-likeness (QED) is 0.560. The van der Waals surface area contributed by atoms with Gasteiger partial charge in [-0.25, -0.2) is 0 Å². The first kappa shape index (κ1) is 22.4. The van der Waals surface area contributed by atoms with Gasteiger partial charge in [-0.05, 0) is 55.4 Å². The van der Waals surface area contributed by atoms with Crippen LogP contribution in [0.2, 0.25) is 5.02 Å². The van der Waals surface area contributed by atoms with Gasteiger partial charge in [0.25, 0.3) is 0 Å². The van der Waals surface area contributed by atoms with E-state index in [0.717, 1.165) is 48.3 Å². The molecule has 1 aliphatic carbocycles. The normalized spacial score (nSPS) is 14.7. The van der Waals surface area contributed by atoms with Crippen LogP contribution in [0, 0.1) is 17.2 Å². The number of carbonyl (C=O) groups is 1. The maximum atomic E-state index is 13.0. The summed E-state index contributed by atoms with van der Waals surface area (Å²) in [6, 6.07) is 4.43. The number of nitriles is 1. The van der Waals surface area contributed by atoms with Crippen LogP contribution in [0.5, 0.6) is 0 Å². The van der Waals surface area contributed by atoms with Gasteiger partial charge < -0.3 is 10.6 Å². The third-order valence-electron chi connectivity index (χ3n) is 5.08. The lowest BCUT2D eigenvalue weighted by molar-refractivity contribution is -0.137. The van der Waals surface area contributed by atoms with Crippen LogP contribution in [-0.2, 0) is 23.8 Å². The number of rotatable bonds is 5. The molecule has 0 saturated carbocycles. The first-order valence-electron chi connectivity index (χ1n) is 9.60. The molecule has 3 rings (SSSR count). The van der Waals surface area contributed by atoms with Gasteiger partial charge in [0.15, 0.2) is 0 Å². The van der Waals surface area contributed by atoms with Crippen molar-refractivity contribution in [3.63, 3.8) is 0 Å². The molecule has 1 atom stereocenters. The van der Waals surface area contributed by atoms with Crippen molar-refractivity contribution in [2.75, 3.05) is 10.6 Å². The maximum Gasteiger partial charge on any atom is 0.416 e. The lowest BCUT2D eigenvalue weighted by atomic mass is 9.96. The lowest BCUT2D eigenvalue weighted by Gasteiger charge is -2.23. The summed E-state index contributed by atoms with van der Waals surface area (Å²) in [6.45, 7) is 3.64. The number of carbonyl (C=O) groups excluding carboxylic acids is 1. The summed E-state index contributed by atoms with van der Waals surface area (Å²) in [4.78, 5) is 14.1. The second-order valence-electron chi connectivity index (χ2n) is 7.57. The van der Waals surface area contributed by atoms with Crippen LogP contribution in [0.4, 0.5) is 23.9 Å². The number of nitrogens with one attached hydrogen (secondary N) is 2. The second-order valence-corrected chi connectivity index (χ2v) is 9.09. The Bertz CT molecular complexity index is 995. The van der Waals surface area contributed by atoms with E-state index < -0.39 is 17.8 Å². The highest BCUT2D eigenvalue weighted by atomic mass is 35.5. The maximum absolute atomic E-state index is 13.0. The van der Waals surface area contributed by atoms with Crippen LogP contribution in [-0.4, -0.2) is 11.9 Å². The van der Waals surface area contributed by atoms with Gasteiger partial charge in [-0.15, -0.1) is 11.3 Å². The van der Waals surface area contributed by atoms with Crippen LogP contribution in [0.15, 0.2) is 18.2 Å². The molecule has 30 heavy (non-hydrogen) atoms. The second kappa shape index (κ2) is 8.86. The van der Waals surface area contributed by atoms with Crippen LogP contribution in [0.25, 0.3) is 0 Å². The average Bonchev–Trinajstić information content (AvgIpc) is 3.02. The molecule has 1 aromatic carbocycles. The predicted octanol–water partition coefficient (Wildman–Crippen LogP) is 6.25. The molecule has 1 amide bonds. The topological polar surface area (TPSA) is 64.9 Å². The van der Waals surface area contributed by atoms with Crippen LogP contribution >= 0.6 is 22.9 Å². The largest absolute Gasteiger partial charge is 0.416 e. The van der Waals surface area contributed by atoms with Gasteiger partial charge in [-0.3, -0.25) is 4.79 Å². The molecule has 0 radical (unpaired) electrons. The summed E-state index contributed by atoms with van der Waals surface area (Å²) >= 11 is 7.46. The molecular formula is C21H21ClF3N3OS. The molecule has 0 spiro atoms. The Morgan fingerprint density at radius 1 is 1.27 bits per heavy atom. The molecule has 0 aliphatic heterocycles. The number of hydrogen-bond donors (Lipinski definition) is 2. The summed E-state index contributed by atoms with van der Waals surface area (Å²) < 4.78 is 38.6. The molecule has 0 saturated heterocycles. The van der Waals surface area contributed by atoms with E-state index in [9.17, 15) is 23.2 Å². The Labute approximate surface area is 182 Å². The SMILES string of the molecule is CC(C)[C@H](Nc1ccc(C(F)(F)F)cc1Cl)C(=O)Nc1sc2c(c1C#N)CCCC2. The molecule has 1 aromatic heterocycles. The number of hydrogen-bond acceptors (Lipinski definition) is 4. The molecule has 2 N–H and O–H groups in total. The van der Waals surface area contributed by atoms with Crippen molar-refractivity contribution >= 4 is 39.5 Å². The molecule has 0 bridgehead atoms.